The Bertz CT molecular complexity index is 3050. The van der Waals surface area contributed by atoms with Crippen molar-refractivity contribution in [3.8, 4) is 46.3 Å². The second kappa shape index (κ2) is 23.0. The van der Waals surface area contributed by atoms with E-state index in [-0.39, 0.29) is 52.3 Å². The Hall–Kier alpha value is -7.45. The lowest BCUT2D eigenvalue weighted by molar-refractivity contribution is -0.152. The van der Waals surface area contributed by atoms with Gasteiger partial charge in [-0.1, -0.05) is 89.9 Å². The van der Waals surface area contributed by atoms with Gasteiger partial charge in [-0.15, -0.1) is 0 Å². The second-order valence-electron chi connectivity index (χ2n) is 16.6. The first-order chi connectivity index (χ1) is 33.4. The number of carboxylic acid groups (broad SMARTS) is 1. The van der Waals surface area contributed by atoms with Crippen LogP contribution in [0.4, 0.5) is 0 Å². The van der Waals surface area contributed by atoms with Gasteiger partial charge in [0.15, 0.2) is 0 Å². The minimum Gasteiger partial charge on any atom is -0.488 e. The topological polar surface area (TPSA) is 188 Å². The molecular weight excluding hydrogens is 916 g/mol. The minimum absolute atomic E-state index is 0.0618. The molecule has 0 aliphatic heterocycles. The predicted molar refractivity (Wildman–Crippen MR) is 261 cm³/mol. The number of ether oxygens (including phenoxy) is 4. The van der Waals surface area contributed by atoms with Crippen molar-refractivity contribution >= 4 is 29.2 Å². The zero-order valence-electron chi connectivity index (χ0n) is 37.9. The van der Waals surface area contributed by atoms with E-state index in [0.29, 0.717) is 66.4 Å². The van der Waals surface area contributed by atoms with Crippen LogP contribution < -0.4 is 18.9 Å². The molecule has 0 bridgehead atoms. The Labute approximate surface area is 410 Å². The number of benzene rings is 5. The van der Waals surface area contributed by atoms with Crippen molar-refractivity contribution in [2.45, 2.75) is 66.1 Å². The number of halogens is 2. The molecule has 7 aromatic rings. The summed E-state index contributed by atoms with van der Waals surface area (Å²) in [7, 11) is 0. The van der Waals surface area contributed by atoms with E-state index < -0.39 is 18.0 Å². The molecule has 5 aromatic carbocycles. The molecule has 0 aliphatic carbocycles. The van der Waals surface area contributed by atoms with Crippen LogP contribution in [0.1, 0.15) is 67.6 Å². The number of pyridine rings is 2. The fourth-order valence-electron chi connectivity index (χ4n) is 7.95. The van der Waals surface area contributed by atoms with Gasteiger partial charge in [-0.25, -0.2) is 0 Å². The van der Waals surface area contributed by atoms with Gasteiger partial charge in [0.1, 0.15) is 61.6 Å². The highest BCUT2D eigenvalue weighted by molar-refractivity contribution is 6.32. The summed E-state index contributed by atoms with van der Waals surface area (Å²) in [6.45, 7) is 3.71. The Morgan fingerprint density at radius 3 is 1.57 bits per heavy atom. The maximum Gasteiger partial charge on any atom is 0.312 e. The molecule has 14 heteroatoms. The molecule has 2 aromatic heterocycles. The molecule has 0 saturated carbocycles. The van der Waals surface area contributed by atoms with Crippen molar-refractivity contribution in [1.82, 2.24) is 9.97 Å². The SMILES string of the molecule is Cc1c(COc2cc(OCc3cncc(C#N)c3)c(CO)cc2Cl)cccc1-c1cccc(COc2cc(OCc3cncc(C#N)c3)c(CCC(CO)(Cc3ccccc3)C(=O)O)cc2Cl)c1C. The molecule has 3 N–H and O–H groups in total. The molecule has 0 amide bonds. The summed E-state index contributed by atoms with van der Waals surface area (Å²) in [4.78, 5) is 21.0. The first kappa shape index (κ1) is 49.5. The average Bonchev–Trinajstić information content (AvgIpc) is 3.37. The van der Waals surface area contributed by atoms with Crippen molar-refractivity contribution in [3.63, 3.8) is 0 Å². The summed E-state index contributed by atoms with van der Waals surface area (Å²) in [5, 5.41) is 50.3. The maximum absolute atomic E-state index is 12.7. The van der Waals surface area contributed by atoms with Crippen LogP contribution in [-0.4, -0.2) is 37.9 Å². The summed E-state index contributed by atoms with van der Waals surface area (Å²) in [5.41, 5.74) is 8.37. The molecule has 0 fully saturated rings. The number of nitriles is 2. The van der Waals surface area contributed by atoms with Gasteiger partial charge >= 0.3 is 5.97 Å². The van der Waals surface area contributed by atoms with Crippen LogP contribution in [0.25, 0.3) is 11.1 Å². The van der Waals surface area contributed by atoms with E-state index in [9.17, 15) is 30.6 Å². The van der Waals surface area contributed by atoms with Crippen molar-refractivity contribution in [1.29, 1.82) is 10.5 Å². The predicted octanol–water partition coefficient (Wildman–Crippen LogP) is 10.9. The van der Waals surface area contributed by atoms with E-state index >= 15 is 0 Å². The number of carboxylic acids is 1. The number of hydrogen-bond acceptors (Lipinski definition) is 11. The van der Waals surface area contributed by atoms with Gasteiger partial charge in [0.05, 0.1) is 39.8 Å². The highest BCUT2D eigenvalue weighted by atomic mass is 35.5. The molecule has 7 rings (SSSR count). The van der Waals surface area contributed by atoms with Crippen LogP contribution in [0, 0.1) is 41.9 Å². The fourth-order valence-corrected chi connectivity index (χ4v) is 8.43. The molecular formula is C55H48Cl2N4O8. The molecule has 350 valence electrons. The van der Waals surface area contributed by atoms with Crippen molar-refractivity contribution in [2.75, 3.05) is 6.61 Å². The Morgan fingerprint density at radius 1 is 0.594 bits per heavy atom. The Balaban J connectivity index is 1.09. The summed E-state index contributed by atoms with van der Waals surface area (Å²) in [6, 6.07) is 35.4. The van der Waals surface area contributed by atoms with E-state index in [4.69, 9.17) is 42.1 Å². The number of aryl methyl sites for hydroxylation is 1. The lowest BCUT2D eigenvalue weighted by atomic mass is 9.77. The summed E-state index contributed by atoms with van der Waals surface area (Å²) >= 11 is 13.5. The highest BCUT2D eigenvalue weighted by Gasteiger charge is 2.38. The third-order valence-electron chi connectivity index (χ3n) is 12.0. The number of aliphatic carboxylic acids is 1. The zero-order valence-corrected chi connectivity index (χ0v) is 39.4. The number of carbonyl (C=O) groups is 1. The van der Waals surface area contributed by atoms with Gasteiger partial charge in [0.2, 0.25) is 0 Å². The first-order valence-corrected chi connectivity index (χ1v) is 22.7. The lowest BCUT2D eigenvalue weighted by Gasteiger charge is -2.28. The second-order valence-corrected chi connectivity index (χ2v) is 17.4. The highest BCUT2D eigenvalue weighted by Crippen LogP contribution is 2.39. The number of aliphatic hydroxyl groups is 2. The van der Waals surface area contributed by atoms with Gasteiger partial charge in [-0.3, -0.25) is 14.8 Å². The zero-order chi connectivity index (χ0) is 48.9. The number of nitrogens with zero attached hydrogens (tertiary/aromatic N) is 4. The normalized spacial score (nSPS) is 11.8. The largest absolute Gasteiger partial charge is 0.488 e. The molecule has 0 spiro atoms. The quantitative estimate of drug-likeness (QED) is 0.0619. The lowest BCUT2D eigenvalue weighted by Crippen LogP contribution is -2.37. The molecule has 69 heavy (non-hydrogen) atoms. The molecule has 0 aliphatic rings. The van der Waals surface area contributed by atoms with E-state index in [1.54, 1.807) is 48.8 Å². The summed E-state index contributed by atoms with van der Waals surface area (Å²) < 4.78 is 25.1. The molecule has 1 unspecified atom stereocenters. The van der Waals surface area contributed by atoms with E-state index in [2.05, 4.69) is 22.1 Å². The summed E-state index contributed by atoms with van der Waals surface area (Å²) in [6.07, 6.45) is 6.58. The van der Waals surface area contributed by atoms with Crippen LogP contribution in [0.3, 0.4) is 0 Å². The number of aliphatic hydroxyl groups excluding tert-OH is 2. The van der Waals surface area contributed by atoms with Gasteiger partial charge in [0.25, 0.3) is 0 Å². The molecule has 12 nitrogen and oxygen atoms in total. The van der Waals surface area contributed by atoms with Crippen molar-refractivity contribution in [2.24, 2.45) is 5.41 Å². The third kappa shape index (κ3) is 12.2. The molecule has 0 radical (unpaired) electrons. The first-order valence-electron chi connectivity index (χ1n) is 21.9. The monoisotopic (exact) mass is 962 g/mol. The van der Waals surface area contributed by atoms with Crippen molar-refractivity contribution in [3.05, 3.63) is 199 Å². The van der Waals surface area contributed by atoms with Crippen LogP contribution >= 0.6 is 23.2 Å². The maximum atomic E-state index is 12.7. The molecule has 0 saturated heterocycles. The van der Waals surface area contributed by atoms with Crippen molar-refractivity contribution < 1.29 is 39.1 Å². The van der Waals surface area contributed by atoms with E-state index in [1.807, 2.05) is 80.6 Å². The standard InChI is InChI=1S/C55H48Cl2N4O8/c1-35-43(10-6-12-46(35)47-13-7-11-44(36(47)2)33-69-53-21-51(45(29-62)19-49(53)57)67-31-41-17-39(24-59)26-61-28-41)32-68-52-20-50(66-30-40-16-38(23-58)25-60-27-40)42(18-48(52)56)14-15-55(34-63,54(64)65)22-37-8-4-3-5-9-37/h3-13,16-21,25-28,62-63H,14-15,22,29-34H2,1-2H3,(H,64,65). The number of hydrogen-bond donors (Lipinski definition) is 3. The third-order valence-corrected chi connectivity index (χ3v) is 12.6. The van der Waals surface area contributed by atoms with Gasteiger partial charge in [0, 0.05) is 53.6 Å². The minimum atomic E-state index is -1.47. The summed E-state index contributed by atoms with van der Waals surface area (Å²) in [5.74, 6) is 0.406. The van der Waals surface area contributed by atoms with Crippen LogP contribution in [0.5, 0.6) is 23.0 Å². The Kier molecular flexibility index (Phi) is 16.5. The van der Waals surface area contributed by atoms with Gasteiger partial charge < -0.3 is 34.3 Å². The smallest absolute Gasteiger partial charge is 0.312 e. The van der Waals surface area contributed by atoms with E-state index in [1.165, 1.54) is 12.4 Å². The fraction of sp³-hybridized carbons (Fsp3) is 0.218. The number of aromatic nitrogens is 2. The Morgan fingerprint density at radius 2 is 1.09 bits per heavy atom. The van der Waals surface area contributed by atoms with Gasteiger partial charge in [-0.05, 0) is 102 Å². The average molecular weight is 964 g/mol. The molecule has 1 atom stereocenters. The van der Waals surface area contributed by atoms with Gasteiger partial charge in [-0.2, -0.15) is 10.5 Å². The van der Waals surface area contributed by atoms with Crippen LogP contribution in [-0.2, 0) is 50.7 Å². The van der Waals surface area contributed by atoms with Crippen LogP contribution in [0.2, 0.25) is 10.0 Å². The molecule has 2 heterocycles. The number of rotatable bonds is 21. The van der Waals surface area contributed by atoms with Crippen LogP contribution in [0.15, 0.2) is 128 Å². The van der Waals surface area contributed by atoms with E-state index in [0.717, 1.165) is 38.9 Å².